The molecule has 1 aromatic rings. The summed E-state index contributed by atoms with van der Waals surface area (Å²) in [6.07, 6.45) is 3.08. The maximum Gasteiger partial charge on any atom is 0.228 e. The van der Waals surface area contributed by atoms with Gasteiger partial charge in [0, 0.05) is 18.9 Å². The molecule has 1 aliphatic heterocycles. The first-order valence-corrected chi connectivity index (χ1v) is 7.00. The van der Waals surface area contributed by atoms with Crippen molar-refractivity contribution in [2.45, 2.75) is 32.2 Å². The average molecular weight is 241 g/mol. The van der Waals surface area contributed by atoms with E-state index in [1.54, 1.807) is 0 Å². The highest BCUT2D eigenvalue weighted by Crippen LogP contribution is 2.25. The maximum absolute atomic E-state index is 5.24. The summed E-state index contributed by atoms with van der Waals surface area (Å²) in [5.41, 5.74) is 0. The smallest absolute Gasteiger partial charge is 0.228 e. The fourth-order valence-electron chi connectivity index (χ4n) is 1.82. The second kappa shape index (κ2) is 5.68. The predicted octanol–water partition coefficient (Wildman–Crippen LogP) is 1.52. The van der Waals surface area contributed by atoms with Crippen molar-refractivity contribution in [1.82, 2.24) is 15.5 Å². The molecule has 1 aliphatic rings. The SMILES string of the molecule is CNC(C)Cc1nc(CC2CCSC2)no1. The number of hydrogen-bond donors (Lipinski definition) is 1. The first-order valence-electron chi connectivity index (χ1n) is 5.84. The van der Waals surface area contributed by atoms with Crippen LogP contribution in [-0.4, -0.2) is 34.7 Å². The van der Waals surface area contributed by atoms with Gasteiger partial charge in [-0.25, -0.2) is 0 Å². The van der Waals surface area contributed by atoms with E-state index < -0.39 is 0 Å². The first kappa shape index (κ1) is 11.9. The van der Waals surface area contributed by atoms with Crippen LogP contribution in [0.15, 0.2) is 4.52 Å². The lowest BCUT2D eigenvalue weighted by Gasteiger charge is -2.04. The highest BCUT2D eigenvalue weighted by atomic mass is 32.2. The Morgan fingerprint density at radius 1 is 1.62 bits per heavy atom. The van der Waals surface area contributed by atoms with Gasteiger partial charge in [0.2, 0.25) is 5.89 Å². The second-order valence-electron chi connectivity index (χ2n) is 4.43. The normalized spacial score (nSPS) is 22.5. The molecule has 1 saturated heterocycles. The Morgan fingerprint density at radius 2 is 2.50 bits per heavy atom. The van der Waals surface area contributed by atoms with E-state index in [4.69, 9.17) is 4.52 Å². The van der Waals surface area contributed by atoms with Gasteiger partial charge in [0.1, 0.15) is 0 Å². The summed E-state index contributed by atoms with van der Waals surface area (Å²) in [4.78, 5) is 4.43. The summed E-state index contributed by atoms with van der Waals surface area (Å²) in [7, 11) is 1.94. The Labute approximate surface area is 101 Å². The monoisotopic (exact) mass is 241 g/mol. The number of rotatable bonds is 5. The molecule has 2 heterocycles. The van der Waals surface area contributed by atoms with Gasteiger partial charge in [-0.3, -0.25) is 0 Å². The van der Waals surface area contributed by atoms with Gasteiger partial charge in [-0.2, -0.15) is 16.7 Å². The lowest BCUT2D eigenvalue weighted by molar-refractivity contribution is 0.358. The van der Waals surface area contributed by atoms with Gasteiger partial charge in [-0.15, -0.1) is 0 Å². The molecule has 90 valence electrons. The minimum Gasteiger partial charge on any atom is -0.339 e. The number of nitrogens with one attached hydrogen (secondary N) is 1. The Bertz CT molecular complexity index is 323. The summed E-state index contributed by atoms with van der Waals surface area (Å²) in [5.74, 6) is 4.91. The number of aromatic nitrogens is 2. The summed E-state index contributed by atoms with van der Waals surface area (Å²) in [6.45, 7) is 2.11. The van der Waals surface area contributed by atoms with Crippen LogP contribution in [0.25, 0.3) is 0 Å². The minimum atomic E-state index is 0.385. The molecule has 1 fully saturated rings. The zero-order valence-electron chi connectivity index (χ0n) is 9.90. The van der Waals surface area contributed by atoms with E-state index in [9.17, 15) is 0 Å². The first-order chi connectivity index (χ1) is 7.78. The molecular weight excluding hydrogens is 222 g/mol. The third-order valence-corrected chi connectivity index (χ3v) is 4.21. The van der Waals surface area contributed by atoms with E-state index in [2.05, 4.69) is 22.4 Å². The Balaban J connectivity index is 1.86. The van der Waals surface area contributed by atoms with Crippen molar-refractivity contribution in [3.8, 4) is 0 Å². The van der Waals surface area contributed by atoms with Crippen molar-refractivity contribution < 1.29 is 4.52 Å². The molecule has 5 heteroatoms. The van der Waals surface area contributed by atoms with Gasteiger partial charge in [-0.1, -0.05) is 5.16 Å². The summed E-state index contributed by atoms with van der Waals surface area (Å²) >= 11 is 2.03. The van der Waals surface area contributed by atoms with Crippen molar-refractivity contribution in [2.75, 3.05) is 18.6 Å². The highest BCUT2D eigenvalue weighted by Gasteiger charge is 2.19. The van der Waals surface area contributed by atoms with Crippen molar-refractivity contribution in [3.05, 3.63) is 11.7 Å². The van der Waals surface area contributed by atoms with Gasteiger partial charge in [-0.05, 0) is 37.8 Å². The molecule has 0 aromatic carbocycles. The van der Waals surface area contributed by atoms with Crippen molar-refractivity contribution in [2.24, 2.45) is 5.92 Å². The lowest BCUT2D eigenvalue weighted by Crippen LogP contribution is -2.23. The number of hydrogen-bond acceptors (Lipinski definition) is 5. The third-order valence-electron chi connectivity index (χ3n) is 2.98. The van der Waals surface area contributed by atoms with E-state index in [1.807, 2.05) is 18.8 Å². The highest BCUT2D eigenvalue weighted by molar-refractivity contribution is 7.99. The predicted molar refractivity (Wildman–Crippen MR) is 65.7 cm³/mol. The molecule has 0 radical (unpaired) electrons. The standard InChI is InChI=1S/C11H19N3OS/c1-8(12-2)5-11-13-10(14-15-11)6-9-3-4-16-7-9/h8-9,12H,3-7H2,1-2H3. The molecule has 4 nitrogen and oxygen atoms in total. The summed E-state index contributed by atoms with van der Waals surface area (Å²) in [5, 5.41) is 7.21. The number of thioether (sulfide) groups is 1. The Kier molecular flexibility index (Phi) is 4.23. The van der Waals surface area contributed by atoms with Crippen LogP contribution in [-0.2, 0) is 12.8 Å². The van der Waals surface area contributed by atoms with Crippen molar-refractivity contribution in [1.29, 1.82) is 0 Å². The third kappa shape index (κ3) is 3.22. The summed E-state index contributed by atoms with van der Waals surface area (Å²) < 4.78 is 5.24. The van der Waals surface area contributed by atoms with Crippen LogP contribution < -0.4 is 5.32 Å². The molecule has 0 spiro atoms. The number of likely N-dealkylation sites (N-methyl/N-ethyl adjacent to an activating group) is 1. The van der Waals surface area contributed by atoms with Crippen LogP contribution in [0.1, 0.15) is 25.1 Å². The molecule has 1 aromatic heterocycles. The van der Waals surface area contributed by atoms with Gasteiger partial charge < -0.3 is 9.84 Å². The molecule has 0 bridgehead atoms. The maximum atomic E-state index is 5.24. The van der Waals surface area contributed by atoms with E-state index in [1.165, 1.54) is 17.9 Å². The van der Waals surface area contributed by atoms with Gasteiger partial charge in [0.05, 0.1) is 0 Å². The van der Waals surface area contributed by atoms with E-state index in [0.29, 0.717) is 6.04 Å². The lowest BCUT2D eigenvalue weighted by atomic mass is 10.1. The van der Waals surface area contributed by atoms with Crippen LogP contribution >= 0.6 is 11.8 Å². The molecule has 2 rings (SSSR count). The molecule has 0 amide bonds. The Hall–Kier alpha value is -0.550. The molecule has 0 saturated carbocycles. The average Bonchev–Trinajstić information content (AvgIpc) is 2.91. The summed E-state index contributed by atoms with van der Waals surface area (Å²) in [6, 6.07) is 0.385. The van der Waals surface area contributed by atoms with Crippen LogP contribution in [0.5, 0.6) is 0 Å². The van der Waals surface area contributed by atoms with Gasteiger partial charge >= 0.3 is 0 Å². The second-order valence-corrected chi connectivity index (χ2v) is 5.58. The van der Waals surface area contributed by atoms with Crippen molar-refractivity contribution >= 4 is 11.8 Å². The minimum absolute atomic E-state index is 0.385. The molecule has 16 heavy (non-hydrogen) atoms. The van der Waals surface area contributed by atoms with Crippen LogP contribution in [0.3, 0.4) is 0 Å². The zero-order chi connectivity index (χ0) is 11.4. The van der Waals surface area contributed by atoms with Crippen LogP contribution in [0, 0.1) is 5.92 Å². The van der Waals surface area contributed by atoms with Gasteiger partial charge in [0.15, 0.2) is 5.82 Å². The quantitative estimate of drug-likeness (QED) is 0.847. The van der Waals surface area contributed by atoms with E-state index in [-0.39, 0.29) is 0 Å². The molecular formula is C11H19N3OS. The molecule has 1 N–H and O–H groups in total. The van der Waals surface area contributed by atoms with Crippen LogP contribution in [0.4, 0.5) is 0 Å². The number of nitrogens with zero attached hydrogens (tertiary/aromatic N) is 2. The topological polar surface area (TPSA) is 51.0 Å². The van der Waals surface area contributed by atoms with E-state index in [0.717, 1.165) is 30.5 Å². The van der Waals surface area contributed by atoms with Crippen molar-refractivity contribution in [3.63, 3.8) is 0 Å². The fourth-order valence-corrected chi connectivity index (χ4v) is 3.11. The largest absolute Gasteiger partial charge is 0.339 e. The van der Waals surface area contributed by atoms with E-state index >= 15 is 0 Å². The fraction of sp³-hybridized carbons (Fsp3) is 0.818. The Morgan fingerprint density at radius 3 is 3.19 bits per heavy atom. The van der Waals surface area contributed by atoms with Gasteiger partial charge in [0.25, 0.3) is 0 Å². The zero-order valence-corrected chi connectivity index (χ0v) is 10.7. The van der Waals surface area contributed by atoms with Crippen LogP contribution in [0.2, 0.25) is 0 Å². The molecule has 2 unspecified atom stereocenters. The molecule has 2 atom stereocenters. The molecule has 0 aliphatic carbocycles.